The number of benzene rings is 1. The van der Waals surface area contributed by atoms with E-state index in [1.54, 1.807) is 12.3 Å². The molecule has 1 aliphatic rings. The third-order valence-corrected chi connectivity index (χ3v) is 5.77. The number of thiazole rings is 1. The monoisotopic (exact) mass is 420 g/mol. The second-order valence-corrected chi connectivity index (χ2v) is 7.95. The number of amides is 1. The lowest BCUT2D eigenvalue weighted by Gasteiger charge is -2.36. The van der Waals surface area contributed by atoms with Crippen LogP contribution in [0.15, 0.2) is 29.6 Å². The molecular formula is C21H25FN2O4S. The van der Waals surface area contributed by atoms with Gasteiger partial charge in [0.1, 0.15) is 23.2 Å². The minimum Gasteiger partial charge on any atom is -0.486 e. The van der Waals surface area contributed by atoms with Crippen molar-refractivity contribution in [2.75, 3.05) is 6.54 Å². The van der Waals surface area contributed by atoms with Gasteiger partial charge in [-0.2, -0.15) is 0 Å². The molecule has 3 rings (SSSR count). The maximum Gasteiger partial charge on any atom is 0.358 e. The van der Waals surface area contributed by atoms with Gasteiger partial charge in [-0.1, -0.05) is 6.92 Å². The first-order chi connectivity index (χ1) is 14.0. The van der Waals surface area contributed by atoms with E-state index in [0.29, 0.717) is 17.3 Å². The third kappa shape index (κ3) is 5.53. The van der Waals surface area contributed by atoms with Gasteiger partial charge in [0.15, 0.2) is 11.8 Å². The standard InChI is InChI=1S/C21H25FN2O4S/c1-3-16-6-4-5-11-24(16)20(25)14(2)28-21(26)18-13-29-19(23-18)12-27-17-9-7-15(22)8-10-17/h7-10,13-14,16H,3-6,11-12H2,1-2H3/t14-,16+/m0/s1. The summed E-state index contributed by atoms with van der Waals surface area (Å²) in [4.78, 5) is 31.2. The molecule has 1 aromatic heterocycles. The van der Waals surface area contributed by atoms with Crippen LogP contribution in [-0.2, 0) is 16.1 Å². The Bertz CT molecular complexity index is 839. The van der Waals surface area contributed by atoms with Crippen LogP contribution in [0.3, 0.4) is 0 Å². The minimum absolute atomic E-state index is 0.151. The summed E-state index contributed by atoms with van der Waals surface area (Å²) in [6.07, 6.45) is 3.14. The molecule has 156 valence electrons. The molecule has 1 saturated heterocycles. The van der Waals surface area contributed by atoms with Crippen LogP contribution in [0.2, 0.25) is 0 Å². The molecule has 2 heterocycles. The highest BCUT2D eigenvalue weighted by Gasteiger charge is 2.31. The van der Waals surface area contributed by atoms with E-state index in [1.165, 1.54) is 35.6 Å². The predicted octanol–water partition coefficient (Wildman–Crippen LogP) is 4.20. The van der Waals surface area contributed by atoms with E-state index in [0.717, 1.165) is 25.7 Å². The lowest BCUT2D eigenvalue weighted by molar-refractivity contribution is -0.143. The van der Waals surface area contributed by atoms with Crippen molar-refractivity contribution >= 4 is 23.2 Å². The Balaban J connectivity index is 1.53. The van der Waals surface area contributed by atoms with Crippen LogP contribution in [0.1, 0.15) is 55.0 Å². The van der Waals surface area contributed by atoms with Crippen molar-refractivity contribution < 1.29 is 23.5 Å². The second kappa shape index (κ2) is 9.82. The van der Waals surface area contributed by atoms with E-state index in [9.17, 15) is 14.0 Å². The number of piperidine rings is 1. The summed E-state index contributed by atoms with van der Waals surface area (Å²) in [6, 6.07) is 5.88. The number of likely N-dealkylation sites (tertiary alicyclic amines) is 1. The number of hydrogen-bond acceptors (Lipinski definition) is 6. The fraction of sp³-hybridized carbons (Fsp3) is 0.476. The number of halogens is 1. The molecule has 0 saturated carbocycles. The van der Waals surface area contributed by atoms with E-state index in [2.05, 4.69) is 11.9 Å². The molecule has 0 unspecified atom stereocenters. The molecule has 2 aromatic rings. The summed E-state index contributed by atoms with van der Waals surface area (Å²) >= 11 is 1.26. The molecule has 0 spiro atoms. The van der Waals surface area contributed by atoms with Crippen molar-refractivity contribution in [3.05, 3.63) is 46.2 Å². The van der Waals surface area contributed by atoms with E-state index in [4.69, 9.17) is 9.47 Å². The number of aromatic nitrogens is 1. The second-order valence-electron chi connectivity index (χ2n) is 7.01. The molecule has 6 nitrogen and oxygen atoms in total. The van der Waals surface area contributed by atoms with Gasteiger partial charge in [0.2, 0.25) is 0 Å². The minimum atomic E-state index is -0.852. The molecule has 2 atom stereocenters. The van der Waals surface area contributed by atoms with Crippen molar-refractivity contribution in [1.82, 2.24) is 9.88 Å². The van der Waals surface area contributed by atoms with Crippen molar-refractivity contribution in [1.29, 1.82) is 0 Å². The highest BCUT2D eigenvalue weighted by atomic mass is 32.1. The van der Waals surface area contributed by atoms with E-state index < -0.39 is 12.1 Å². The van der Waals surface area contributed by atoms with Crippen LogP contribution in [-0.4, -0.2) is 40.5 Å². The zero-order valence-corrected chi connectivity index (χ0v) is 17.4. The summed E-state index contributed by atoms with van der Waals surface area (Å²) in [5.41, 5.74) is 0.151. The average Bonchev–Trinajstić information content (AvgIpc) is 3.22. The van der Waals surface area contributed by atoms with Gasteiger partial charge in [-0.25, -0.2) is 14.2 Å². The average molecular weight is 421 g/mol. The third-order valence-electron chi connectivity index (χ3n) is 4.95. The molecule has 8 heteroatoms. The summed E-state index contributed by atoms with van der Waals surface area (Å²) in [5.74, 6) is -0.604. The van der Waals surface area contributed by atoms with Gasteiger partial charge >= 0.3 is 5.97 Å². The normalized spacial score (nSPS) is 17.6. The Morgan fingerprint density at radius 3 is 2.79 bits per heavy atom. The predicted molar refractivity (Wildman–Crippen MR) is 107 cm³/mol. The highest BCUT2D eigenvalue weighted by molar-refractivity contribution is 7.09. The smallest absolute Gasteiger partial charge is 0.358 e. The van der Waals surface area contributed by atoms with Gasteiger partial charge in [0, 0.05) is 18.0 Å². The Morgan fingerprint density at radius 1 is 1.31 bits per heavy atom. The number of ether oxygens (including phenoxy) is 2. The van der Waals surface area contributed by atoms with Crippen LogP contribution in [0.5, 0.6) is 5.75 Å². The van der Waals surface area contributed by atoms with Crippen LogP contribution in [0.4, 0.5) is 4.39 Å². The summed E-state index contributed by atoms with van der Waals surface area (Å²) in [6.45, 7) is 4.54. The first kappa shape index (κ1) is 21.2. The Hall–Kier alpha value is -2.48. The first-order valence-electron chi connectivity index (χ1n) is 9.82. The molecule has 1 aromatic carbocycles. The van der Waals surface area contributed by atoms with Gasteiger partial charge in [0.25, 0.3) is 5.91 Å². The first-order valence-corrected chi connectivity index (χ1v) is 10.7. The summed E-state index contributed by atoms with van der Waals surface area (Å²) in [7, 11) is 0. The zero-order chi connectivity index (χ0) is 20.8. The van der Waals surface area contributed by atoms with Gasteiger partial charge in [-0.3, -0.25) is 4.79 Å². The van der Waals surface area contributed by atoms with Crippen LogP contribution in [0, 0.1) is 5.82 Å². The van der Waals surface area contributed by atoms with Gasteiger partial charge in [-0.15, -0.1) is 11.3 Å². The molecule has 0 bridgehead atoms. The van der Waals surface area contributed by atoms with Crippen molar-refractivity contribution in [2.24, 2.45) is 0 Å². The highest BCUT2D eigenvalue weighted by Crippen LogP contribution is 2.21. The Kier molecular flexibility index (Phi) is 7.19. The Morgan fingerprint density at radius 2 is 2.07 bits per heavy atom. The van der Waals surface area contributed by atoms with Crippen LogP contribution in [0.25, 0.3) is 0 Å². The number of carbonyl (C=O) groups excluding carboxylic acids is 2. The molecule has 29 heavy (non-hydrogen) atoms. The van der Waals surface area contributed by atoms with Crippen molar-refractivity contribution in [2.45, 2.75) is 58.3 Å². The Labute approximate surface area is 173 Å². The summed E-state index contributed by atoms with van der Waals surface area (Å²) in [5, 5.41) is 2.17. The fourth-order valence-corrected chi connectivity index (χ4v) is 4.04. The van der Waals surface area contributed by atoms with E-state index >= 15 is 0 Å². The molecule has 0 aliphatic carbocycles. The molecule has 1 aliphatic heterocycles. The van der Waals surface area contributed by atoms with E-state index in [1.807, 2.05) is 4.90 Å². The van der Waals surface area contributed by atoms with Crippen molar-refractivity contribution in [3.8, 4) is 5.75 Å². The largest absolute Gasteiger partial charge is 0.486 e. The molecule has 0 radical (unpaired) electrons. The maximum atomic E-state index is 12.9. The number of nitrogens with zero attached hydrogens (tertiary/aromatic N) is 2. The van der Waals surface area contributed by atoms with Crippen LogP contribution < -0.4 is 4.74 Å². The number of hydrogen-bond donors (Lipinski definition) is 0. The quantitative estimate of drug-likeness (QED) is 0.628. The fourth-order valence-electron chi connectivity index (χ4n) is 3.37. The lowest BCUT2D eigenvalue weighted by Crippen LogP contribution is -2.48. The molecule has 1 amide bonds. The zero-order valence-electron chi connectivity index (χ0n) is 16.6. The van der Waals surface area contributed by atoms with Crippen molar-refractivity contribution in [3.63, 3.8) is 0 Å². The molecule has 1 fully saturated rings. The van der Waals surface area contributed by atoms with E-state index in [-0.39, 0.29) is 30.1 Å². The molecular weight excluding hydrogens is 395 g/mol. The lowest BCUT2D eigenvalue weighted by atomic mass is 9.99. The topological polar surface area (TPSA) is 68.7 Å². The SMILES string of the molecule is CC[C@@H]1CCCCN1C(=O)[C@H](C)OC(=O)c1csc(COc2ccc(F)cc2)n1. The number of carbonyl (C=O) groups is 2. The number of esters is 1. The van der Waals surface area contributed by atoms with Crippen LogP contribution >= 0.6 is 11.3 Å². The van der Waals surface area contributed by atoms with Gasteiger partial charge in [0.05, 0.1) is 0 Å². The maximum absolute atomic E-state index is 12.9. The van der Waals surface area contributed by atoms with Gasteiger partial charge in [-0.05, 0) is 56.9 Å². The summed E-state index contributed by atoms with van der Waals surface area (Å²) < 4.78 is 23.8. The molecule has 0 N–H and O–H groups in total. The number of rotatable bonds is 7. The van der Waals surface area contributed by atoms with Gasteiger partial charge < -0.3 is 14.4 Å².